The van der Waals surface area contributed by atoms with Gasteiger partial charge in [-0.3, -0.25) is 9.78 Å². The van der Waals surface area contributed by atoms with Crippen molar-refractivity contribution in [1.82, 2.24) is 4.98 Å². The molecule has 0 atom stereocenters. The number of nitrogen functional groups attached to an aromatic ring is 1. The lowest BCUT2D eigenvalue weighted by Crippen LogP contribution is -2.06. The van der Waals surface area contributed by atoms with E-state index in [-0.39, 0.29) is 17.4 Å². The second kappa shape index (κ2) is 5.64. The van der Waals surface area contributed by atoms with Crippen molar-refractivity contribution in [2.75, 3.05) is 11.5 Å². The molecular weight excluding hydrogens is 251 g/mol. The fourth-order valence-corrected chi connectivity index (χ4v) is 2.18. The molecule has 0 radical (unpaired) electrons. The molecule has 3 nitrogen and oxygen atoms in total. The van der Waals surface area contributed by atoms with Gasteiger partial charge in [0.15, 0.2) is 5.78 Å². The van der Waals surface area contributed by atoms with Gasteiger partial charge >= 0.3 is 0 Å². The van der Waals surface area contributed by atoms with Crippen molar-refractivity contribution < 1.29 is 9.18 Å². The summed E-state index contributed by atoms with van der Waals surface area (Å²) in [6.07, 6.45) is 3.00. The van der Waals surface area contributed by atoms with E-state index < -0.39 is 0 Å². The van der Waals surface area contributed by atoms with Crippen LogP contribution in [0.1, 0.15) is 10.4 Å². The monoisotopic (exact) mass is 262 g/mol. The average molecular weight is 262 g/mol. The third-order valence-corrected chi connectivity index (χ3v) is 3.35. The smallest absolute Gasteiger partial charge is 0.176 e. The Morgan fingerprint density at radius 3 is 2.67 bits per heavy atom. The summed E-state index contributed by atoms with van der Waals surface area (Å²) in [5.74, 6) is -0.126. The minimum atomic E-state index is -0.290. The number of carbonyl (C=O) groups excluding carboxylic acids is 1. The number of rotatable bonds is 4. The highest BCUT2D eigenvalue weighted by Crippen LogP contribution is 2.20. The lowest BCUT2D eigenvalue weighted by atomic mass is 10.2. The Balaban J connectivity index is 2.01. The maximum absolute atomic E-state index is 12.7. The van der Waals surface area contributed by atoms with Crippen molar-refractivity contribution in [3.05, 3.63) is 54.1 Å². The zero-order valence-electron chi connectivity index (χ0n) is 9.47. The highest BCUT2D eigenvalue weighted by atomic mass is 32.2. The van der Waals surface area contributed by atoms with Gasteiger partial charge in [-0.15, -0.1) is 11.8 Å². The van der Waals surface area contributed by atoms with Crippen molar-refractivity contribution in [2.24, 2.45) is 0 Å². The number of halogens is 1. The molecule has 5 heteroatoms. The molecule has 92 valence electrons. The summed E-state index contributed by atoms with van der Waals surface area (Å²) in [4.78, 5) is 16.6. The van der Waals surface area contributed by atoms with E-state index in [1.54, 1.807) is 24.4 Å². The van der Waals surface area contributed by atoms with Crippen LogP contribution in [0.5, 0.6) is 0 Å². The fraction of sp³-hybridized carbons (Fsp3) is 0.0769. The summed E-state index contributed by atoms with van der Waals surface area (Å²) in [5.41, 5.74) is 6.54. The molecule has 1 aromatic heterocycles. The van der Waals surface area contributed by atoms with Gasteiger partial charge in [-0.2, -0.15) is 0 Å². The first kappa shape index (κ1) is 12.6. The average Bonchev–Trinajstić information content (AvgIpc) is 2.38. The summed E-state index contributed by atoms with van der Waals surface area (Å²) in [6, 6.07) is 7.60. The van der Waals surface area contributed by atoms with Gasteiger partial charge in [0.1, 0.15) is 5.82 Å². The van der Waals surface area contributed by atoms with Gasteiger partial charge in [0.2, 0.25) is 0 Å². The highest BCUT2D eigenvalue weighted by Gasteiger charge is 2.10. The Morgan fingerprint density at radius 2 is 2.00 bits per heavy atom. The molecule has 0 aliphatic rings. The Bertz CT molecular complexity index is 557. The van der Waals surface area contributed by atoms with Crippen molar-refractivity contribution in [3.63, 3.8) is 0 Å². The third-order valence-electron chi connectivity index (χ3n) is 2.34. The second-order valence-electron chi connectivity index (χ2n) is 3.63. The minimum absolute atomic E-state index is 0.0880. The first-order valence-electron chi connectivity index (χ1n) is 5.28. The molecule has 18 heavy (non-hydrogen) atoms. The number of carbonyl (C=O) groups is 1. The molecule has 2 N–H and O–H groups in total. The van der Waals surface area contributed by atoms with Crippen LogP contribution in [0.3, 0.4) is 0 Å². The summed E-state index contributed by atoms with van der Waals surface area (Å²) in [5, 5.41) is 0. The number of hydrogen-bond donors (Lipinski definition) is 1. The van der Waals surface area contributed by atoms with E-state index in [0.717, 1.165) is 4.90 Å². The van der Waals surface area contributed by atoms with Crippen LogP contribution in [0.15, 0.2) is 47.6 Å². The van der Waals surface area contributed by atoms with Crippen LogP contribution in [-0.4, -0.2) is 16.5 Å². The SMILES string of the molecule is Nc1ccncc1C(=O)CSc1ccc(F)cc1. The Hall–Kier alpha value is -1.88. The van der Waals surface area contributed by atoms with Gasteiger partial charge in [0.05, 0.1) is 11.3 Å². The predicted molar refractivity (Wildman–Crippen MR) is 70.1 cm³/mol. The zero-order valence-corrected chi connectivity index (χ0v) is 10.3. The molecule has 1 heterocycles. The van der Waals surface area contributed by atoms with Crippen LogP contribution in [-0.2, 0) is 0 Å². The number of anilines is 1. The number of aromatic nitrogens is 1. The van der Waals surface area contributed by atoms with Crippen LogP contribution in [0.4, 0.5) is 10.1 Å². The molecular formula is C13H11FN2OS. The molecule has 0 spiro atoms. The van der Waals surface area contributed by atoms with Crippen LogP contribution in [0.25, 0.3) is 0 Å². The number of benzene rings is 1. The Morgan fingerprint density at radius 1 is 1.28 bits per heavy atom. The second-order valence-corrected chi connectivity index (χ2v) is 4.68. The fourth-order valence-electron chi connectivity index (χ4n) is 1.40. The molecule has 0 amide bonds. The number of thioether (sulfide) groups is 1. The number of pyridine rings is 1. The normalized spacial score (nSPS) is 10.3. The van der Waals surface area contributed by atoms with Crippen molar-refractivity contribution in [1.29, 1.82) is 0 Å². The lowest BCUT2D eigenvalue weighted by Gasteiger charge is -2.03. The van der Waals surface area contributed by atoms with Gasteiger partial charge in [-0.1, -0.05) is 0 Å². The molecule has 0 unspecified atom stereocenters. The zero-order chi connectivity index (χ0) is 13.0. The molecule has 2 aromatic rings. The molecule has 0 saturated carbocycles. The Labute approximate surface area is 108 Å². The molecule has 2 rings (SSSR count). The lowest BCUT2D eigenvalue weighted by molar-refractivity contribution is 0.102. The summed E-state index contributed by atoms with van der Waals surface area (Å²) in [7, 11) is 0. The van der Waals surface area contributed by atoms with Crippen LogP contribution < -0.4 is 5.73 Å². The first-order valence-corrected chi connectivity index (χ1v) is 6.26. The van der Waals surface area contributed by atoms with E-state index in [2.05, 4.69) is 4.98 Å². The van der Waals surface area contributed by atoms with E-state index in [0.29, 0.717) is 11.3 Å². The number of hydrogen-bond acceptors (Lipinski definition) is 4. The molecule has 0 saturated heterocycles. The van der Waals surface area contributed by atoms with Gasteiger partial charge in [-0.25, -0.2) is 4.39 Å². The van der Waals surface area contributed by atoms with Gasteiger partial charge in [-0.05, 0) is 30.3 Å². The van der Waals surface area contributed by atoms with E-state index in [1.165, 1.54) is 30.1 Å². The van der Waals surface area contributed by atoms with Crippen LogP contribution in [0.2, 0.25) is 0 Å². The van der Waals surface area contributed by atoms with Crippen molar-refractivity contribution in [2.45, 2.75) is 4.90 Å². The van der Waals surface area contributed by atoms with Crippen LogP contribution in [0, 0.1) is 5.82 Å². The molecule has 0 bridgehead atoms. The maximum Gasteiger partial charge on any atom is 0.176 e. The first-order chi connectivity index (χ1) is 8.66. The highest BCUT2D eigenvalue weighted by molar-refractivity contribution is 8.00. The topological polar surface area (TPSA) is 56.0 Å². The minimum Gasteiger partial charge on any atom is -0.398 e. The maximum atomic E-state index is 12.7. The summed E-state index contributed by atoms with van der Waals surface area (Å²) in [6.45, 7) is 0. The molecule has 0 fully saturated rings. The number of nitrogens with zero attached hydrogens (tertiary/aromatic N) is 1. The van der Waals surface area contributed by atoms with Crippen LogP contribution >= 0.6 is 11.8 Å². The van der Waals surface area contributed by atoms with Gasteiger partial charge in [0, 0.05) is 23.0 Å². The molecule has 1 aromatic carbocycles. The molecule has 0 aliphatic heterocycles. The standard InChI is InChI=1S/C13H11FN2OS/c14-9-1-3-10(4-2-9)18-8-13(17)11-7-16-6-5-12(11)15/h1-7H,8H2,(H2,15,16). The van der Waals surface area contributed by atoms with Gasteiger partial charge in [0.25, 0.3) is 0 Å². The van der Waals surface area contributed by atoms with E-state index in [9.17, 15) is 9.18 Å². The van der Waals surface area contributed by atoms with Crippen molar-refractivity contribution >= 4 is 23.2 Å². The predicted octanol–water partition coefficient (Wildman–Crippen LogP) is 2.78. The number of nitrogens with two attached hydrogens (primary N) is 1. The van der Waals surface area contributed by atoms with Crippen molar-refractivity contribution in [3.8, 4) is 0 Å². The van der Waals surface area contributed by atoms with E-state index in [1.807, 2.05) is 0 Å². The number of Topliss-reactive ketones (excluding diaryl/α,β-unsaturated/α-hetero) is 1. The quantitative estimate of drug-likeness (QED) is 0.680. The van der Waals surface area contributed by atoms with E-state index >= 15 is 0 Å². The van der Waals surface area contributed by atoms with E-state index in [4.69, 9.17) is 5.73 Å². The van der Waals surface area contributed by atoms with Gasteiger partial charge < -0.3 is 5.73 Å². The summed E-state index contributed by atoms with van der Waals surface area (Å²) >= 11 is 1.34. The largest absolute Gasteiger partial charge is 0.398 e. The third kappa shape index (κ3) is 3.07. The molecule has 0 aliphatic carbocycles. The Kier molecular flexibility index (Phi) is 3.94. The number of ketones is 1. The summed E-state index contributed by atoms with van der Waals surface area (Å²) < 4.78 is 12.7.